The summed E-state index contributed by atoms with van der Waals surface area (Å²) in [5.41, 5.74) is 2.46. The molecule has 0 aliphatic carbocycles. The van der Waals surface area contributed by atoms with Crippen LogP contribution in [0.5, 0.6) is 0 Å². The zero-order valence-electron chi connectivity index (χ0n) is 13.7. The van der Waals surface area contributed by atoms with Gasteiger partial charge < -0.3 is 15.1 Å². The lowest BCUT2D eigenvalue weighted by molar-refractivity contribution is 0.0842. The lowest BCUT2D eigenvalue weighted by atomic mass is 9.90. The van der Waals surface area contributed by atoms with Crippen LogP contribution in [0.25, 0.3) is 0 Å². The van der Waals surface area contributed by atoms with Crippen LogP contribution in [-0.4, -0.2) is 42.4 Å². The molecule has 0 aromatic heterocycles. The van der Waals surface area contributed by atoms with Crippen LogP contribution in [-0.2, 0) is 4.84 Å². The number of hydrogen-bond acceptors (Lipinski definition) is 3. The van der Waals surface area contributed by atoms with E-state index >= 15 is 0 Å². The van der Waals surface area contributed by atoms with E-state index in [2.05, 4.69) is 41.7 Å². The molecule has 5 heteroatoms. The Morgan fingerprint density at radius 1 is 1.30 bits per heavy atom. The molecule has 2 aliphatic rings. The summed E-state index contributed by atoms with van der Waals surface area (Å²) in [7, 11) is 0. The van der Waals surface area contributed by atoms with Crippen molar-refractivity contribution in [2.75, 3.05) is 19.6 Å². The number of hydrogen-bond donors (Lipinski definition) is 1. The number of piperidine rings is 1. The van der Waals surface area contributed by atoms with Gasteiger partial charge in [0.15, 0.2) is 0 Å². The molecule has 2 heterocycles. The van der Waals surface area contributed by atoms with E-state index in [1.54, 1.807) is 0 Å². The molecule has 1 saturated heterocycles. The number of carbonyl (C=O) groups is 1. The van der Waals surface area contributed by atoms with Crippen LogP contribution in [0.2, 0.25) is 0 Å². The van der Waals surface area contributed by atoms with Crippen LogP contribution in [0.4, 0.5) is 4.79 Å². The van der Waals surface area contributed by atoms with Gasteiger partial charge in [-0.05, 0) is 30.7 Å². The van der Waals surface area contributed by atoms with E-state index in [9.17, 15) is 4.79 Å². The summed E-state index contributed by atoms with van der Waals surface area (Å²) in [4.78, 5) is 19.5. The third kappa shape index (κ3) is 4.03. The molecule has 0 radical (unpaired) electrons. The number of benzene rings is 1. The zero-order valence-corrected chi connectivity index (χ0v) is 13.7. The highest BCUT2D eigenvalue weighted by Crippen LogP contribution is 2.27. The topological polar surface area (TPSA) is 53.9 Å². The van der Waals surface area contributed by atoms with Crippen LogP contribution in [0, 0.1) is 0 Å². The lowest BCUT2D eigenvalue weighted by Crippen LogP contribution is -2.46. The van der Waals surface area contributed by atoms with Crippen LogP contribution in [0.1, 0.15) is 44.1 Å². The van der Waals surface area contributed by atoms with Gasteiger partial charge in [-0.1, -0.05) is 42.4 Å². The molecule has 1 fully saturated rings. The second-order valence-electron chi connectivity index (χ2n) is 6.30. The number of rotatable bonds is 4. The Balaban J connectivity index is 1.40. The number of likely N-dealkylation sites (tertiary alicyclic amines) is 1. The number of nitrogens with zero attached hydrogens (tertiary/aromatic N) is 2. The summed E-state index contributed by atoms with van der Waals surface area (Å²) in [5, 5.41) is 7.00. The average Bonchev–Trinajstić information content (AvgIpc) is 3.09. The van der Waals surface area contributed by atoms with E-state index in [4.69, 9.17) is 4.84 Å². The van der Waals surface area contributed by atoms with Crippen molar-refractivity contribution in [1.82, 2.24) is 10.2 Å². The summed E-state index contributed by atoms with van der Waals surface area (Å²) in [6.45, 7) is 4.23. The first-order valence-electron chi connectivity index (χ1n) is 8.55. The summed E-state index contributed by atoms with van der Waals surface area (Å²) in [6.07, 6.45) is 3.79. The minimum atomic E-state index is -0.00393. The maximum atomic E-state index is 12.3. The highest BCUT2D eigenvalue weighted by atomic mass is 16.6. The second kappa shape index (κ2) is 7.49. The summed E-state index contributed by atoms with van der Waals surface area (Å²) >= 11 is 0. The van der Waals surface area contributed by atoms with Gasteiger partial charge in [0.1, 0.15) is 6.10 Å². The van der Waals surface area contributed by atoms with Crippen LogP contribution in [0.15, 0.2) is 35.5 Å². The van der Waals surface area contributed by atoms with Crippen molar-refractivity contribution in [1.29, 1.82) is 0 Å². The Hall–Kier alpha value is -2.04. The minimum absolute atomic E-state index is 0.00393. The number of carbonyl (C=O) groups excluding carboxylic acids is 1. The third-order valence-electron chi connectivity index (χ3n) is 4.74. The van der Waals surface area contributed by atoms with Gasteiger partial charge >= 0.3 is 6.03 Å². The van der Waals surface area contributed by atoms with Gasteiger partial charge in [0.2, 0.25) is 0 Å². The number of nitrogens with one attached hydrogen (secondary N) is 1. The Morgan fingerprint density at radius 3 is 2.70 bits per heavy atom. The summed E-state index contributed by atoms with van der Waals surface area (Å²) in [6, 6.07) is 10.6. The first-order valence-corrected chi connectivity index (χ1v) is 8.55. The molecule has 124 valence electrons. The van der Waals surface area contributed by atoms with Crippen molar-refractivity contribution in [2.24, 2.45) is 5.16 Å². The maximum absolute atomic E-state index is 12.3. The van der Waals surface area contributed by atoms with Gasteiger partial charge in [0, 0.05) is 19.5 Å². The van der Waals surface area contributed by atoms with Crippen LogP contribution >= 0.6 is 0 Å². The fourth-order valence-corrected chi connectivity index (χ4v) is 3.26. The smallest absolute Gasteiger partial charge is 0.317 e. The number of amides is 2. The monoisotopic (exact) mass is 315 g/mol. The molecule has 1 N–H and O–H groups in total. The van der Waals surface area contributed by atoms with E-state index in [-0.39, 0.29) is 12.1 Å². The van der Waals surface area contributed by atoms with E-state index in [0.717, 1.165) is 44.5 Å². The molecule has 0 spiro atoms. The zero-order chi connectivity index (χ0) is 16.1. The molecule has 2 aliphatic heterocycles. The molecule has 0 bridgehead atoms. The van der Waals surface area contributed by atoms with Crippen molar-refractivity contribution in [3.05, 3.63) is 35.9 Å². The highest BCUT2D eigenvalue weighted by Gasteiger charge is 2.25. The average molecular weight is 315 g/mol. The number of urea groups is 1. The van der Waals surface area contributed by atoms with Gasteiger partial charge in [-0.2, -0.15) is 0 Å². The molecular formula is C18H25N3O2. The lowest BCUT2D eigenvalue weighted by Gasteiger charge is -2.32. The van der Waals surface area contributed by atoms with E-state index in [1.807, 2.05) is 11.0 Å². The molecule has 1 unspecified atom stereocenters. The van der Waals surface area contributed by atoms with Gasteiger partial charge in [-0.15, -0.1) is 0 Å². The summed E-state index contributed by atoms with van der Waals surface area (Å²) in [5.74, 6) is 0.568. The van der Waals surface area contributed by atoms with E-state index < -0.39 is 0 Å². The SMILES string of the molecule is CCC1=NOC(CNC(=O)N2CCC(c3ccccc3)CC2)C1. The summed E-state index contributed by atoms with van der Waals surface area (Å²) < 4.78 is 0. The molecule has 5 nitrogen and oxygen atoms in total. The Bertz CT molecular complexity index is 551. The predicted molar refractivity (Wildman–Crippen MR) is 90.6 cm³/mol. The molecule has 1 aromatic rings. The van der Waals surface area contributed by atoms with Gasteiger partial charge in [-0.3, -0.25) is 0 Å². The largest absolute Gasteiger partial charge is 0.390 e. The van der Waals surface area contributed by atoms with E-state index in [1.165, 1.54) is 5.56 Å². The first kappa shape index (κ1) is 15.8. The fraction of sp³-hybridized carbons (Fsp3) is 0.556. The van der Waals surface area contributed by atoms with Crippen LogP contribution < -0.4 is 5.32 Å². The van der Waals surface area contributed by atoms with Gasteiger partial charge in [-0.25, -0.2) is 4.79 Å². The van der Waals surface area contributed by atoms with Crippen molar-refractivity contribution >= 4 is 11.7 Å². The molecule has 3 rings (SSSR count). The maximum Gasteiger partial charge on any atom is 0.317 e. The normalized spacial score (nSPS) is 21.7. The third-order valence-corrected chi connectivity index (χ3v) is 4.74. The molecule has 1 atom stereocenters. The highest BCUT2D eigenvalue weighted by molar-refractivity contribution is 5.85. The standard InChI is InChI=1S/C18H25N3O2/c1-2-16-12-17(23-20-16)13-19-18(22)21-10-8-15(9-11-21)14-6-4-3-5-7-14/h3-7,15,17H,2,8-13H2,1H3,(H,19,22). The number of oxime groups is 1. The molecule has 23 heavy (non-hydrogen) atoms. The van der Waals surface area contributed by atoms with Crippen LogP contribution in [0.3, 0.4) is 0 Å². The minimum Gasteiger partial charge on any atom is -0.390 e. The Morgan fingerprint density at radius 2 is 2.04 bits per heavy atom. The Labute approximate surface area is 137 Å². The molecule has 2 amide bonds. The van der Waals surface area contributed by atoms with Crippen molar-refractivity contribution in [2.45, 2.75) is 44.6 Å². The molecule has 0 saturated carbocycles. The molecular weight excluding hydrogens is 290 g/mol. The Kier molecular flexibility index (Phi) is 5.16. The van der Waals surface area contributed by atoms with E-state index in [0.29, 0.717) is 12.5 Å². The van der Waals surface area contributed by atoms with Gasteiger partial charge in [0.25, 0.3) is 0 Å². The first-order chi connectivity index (χ1) is 11.3. The van der Waals surface area contributed by atoms with Gasteiger partial charge in [0.05, 0.1) is 12.3 Å². The quantitative estimate of drug-likeness (QED) is 0.928. The fourth-order valence-electron chi connectivity index (χ4n) is 3.26. The predicted octanol–water partition coefficient (Wildman–Crippen LogP) is 3.13. The van der Waals surface area contributed by atoms with Crippen molar-refractivity contribution < 1.29 is 9.63 Å². The second-order valence-corrected chi connectivity index (χ2v) is 6.30. The molecule has 1 aromatic carbocycles. The van der Waals surface area contributed by atoms with Crippen molar-refractivity contribution in [3.63, 3.8) is 0 Å². The van der Waals surface area contributed by atoms with Crippen molar-refractivity contribution in [3.8, 4) is 0 Å².